The standard InChI is InChI=1S/C10H12N4O/c1-7-4-13-10(15-7)9-6-12-5-8(14-9)2-3-11/h4-6H,2-3,11H2,1H3. The van der Waals surface area contributed by atoms with Gasteiger partial charge in [0.15, 0.2) is 0 Å². The quantitative estimate of drug-likeness (QED) is 0.805. The molecular weight excluding hydrogens is 192 g/mol. The van der Waals surface area contributed by atoms with Crippen molar-refractivity contribution in [1.82, 2.24) is 15.0 Å². The monoisotopic (exact) mass is 204 g/mol. The first-order chi connectivity index (χ1) is 7.29. The Bertz CT molecular complexity index is 452. The Balaban J connectivity index is 2.32. The van der Waals surface area contributed by atoms with Crippen LogP contribution in [-0.4, -0.2) is 21.5 Å². The second-order valence-electron chi connectivity index (χ2n) is 3.21. The summed E-state index contributed by atoms with van der Waals surface area (Å²) < 4.78 is 5.36. The Morgan fingerprint density at radius 2 is 2.20 bits per heavy atom. The van der Waals surface area contributed by atoms with E-state index in [0.717, 1.165) is 11.5 Å². The highest BCUT2D eigenvalue weighted by atomic mass is 16.4. The van der Waals surface area contributed by atoms with Gasteiger partial charge in [0.05, 0.1) is 18.1 Å². The Morgan fingerprint density at radius 3 is 2.87 bits per heavy atom. The minimum atomic E-state index is 0.499. The molecule has 0 unspecified atom stereocenters. The number of aryl methyl sites for hydroxylation is 1. The van der Waals surface area contributed by atoms with E-state index in [9.17, 15) is 0 Å². The molecule has 78 valence electrons. The molecule has 0 aromatic carbocycles. The zero-order valence-electron chi connectivity index (χ0n) is 8.47. The highest BCUT2D eigenvalue weighted by Gasteiger charge is 2.06. The van der Waals surface area contributed by atoms with E-state index < -0.39 is 0 Å². The number of nitrogens with zero attached hydrogens (tertiary/aromatic N) is 3. The molecule has 15 heavy (non-hydrogen) atoms. The predicted octanol–water partition coefficient (Wildman–Crippen LogP) is 0.941. The lowest BCUT2D eigenvalue weighted by Crippen LogP contribution is -2.05. The van der Waals surface area contributed by atoms with Crippen molar-refractivity contribution >= 4 is 0 Å². The second-order valence-corrected chi connectivity index (χ2v) is 3.21. The average molecular weight is 204 g/mol. The van der Waals surface area contributed by atoms with E-state index in [2.05, 4.69) is 15.0 Å². The van der Waals surface area contributed by atoms with Gasteiger partial charge in [0, 0.05) is 12.6 Å². The lowest BCUT2D eigenvalue weighted by Gasteiger charge is -1.98. The van der Waals surface area contributed by atoms with E-state index in [-0.39, 0.29) is 0 Å². The van der Waals surface area contributed by atoms with E-state index in [1.807, 2.05) is 6.92 Å². The molecule has 0 aliphatic carbocycles. The van der Waals surface area contributed by atoms with Crippen LogP contribution in [0.25, 0.3) is 11.6 Å². The fourth-order valence-corrected chi connectivity index (χ4v) is 1.25. The van der Waals surface area contributed by atoms with Crippen LogP contribution in [0.2, 0.25) is 0 Å². The number of hydrogen-bond donors (Lipinski definition) is 1. The molecule has 0 aliphatic rings. The summed E-state index contributed by atoms with van der Waals surface area (Å²) in [4.78, 5) is 12.5. The van der Waals surface area contributed by atoms with Gasteiger partial charge in [0.25, 0.3) is 0 Å². The summed E-state index contributed by atoms with van der Waals surface area (Å²) in [7, 11) is 0. The molecule has 0 radical (unpaired) electrons. The number of nitrogens with two attached hydrogens (primary N) is 1. The molecule has 0 atom stereocenters. The number of hydrogen-bond acceptors (Lipinski definition) is 5. The Morgan fingerprint density at radius 1 is 1.33 bits per heavy atom. The van der Waals surface area contributed by atoms with Crippen molar-refractivity contribution in [2.75, 3.05) is 6.54 Å². The first kappa shape index (κ1) is 9.79. The third-order valence-corrected chi connectivity index (χ3v) is 1.93. The highest BCUT2D eigenvalue weighted by Crippen LogP contribution is 2.15. The molecule has 0 spiro atoms. The van der Waals surface area contributed by atoms with Crippen molar-refractivity contribution < 1.29 is 4.42 Å². The van der Waals surface area contributed by atoms with Crippen molar-refractivity contribution in [3.8, 4) is 11.6 Å². The summed E-state index contributed by atoms with van der Waals surface area (Å²) in [6.07, 6.45) is 5.70. The van der Waals surface area contributed by atoms with E-state index >= 15 is 0 Å². The van der Waals surface area contributed by atoms with E-state index in [1.54, 1.807) is 18.6 Å². The maximum atomic E-state index is 5.45. The summed E-state index contributed by atoms with van der Waals surface area (Å²) in [5.74, 6) is 1.26. The third-order valence-electron chi connectivity index (χ3n) is 1.93. The summed E-state index contributed by atoms with van der Waals surface area (Å²) in [6.45, 7) is 2.40. The van der Waals surface area contributed by atoms with Gasteiger partial charge in [-0.3, -0.25) is 4.98 Å². The van der Waals surface area contributed by atoms with Crippen LogP contribution in [0, 0.1) is 6.92 Å². The Labute approximate surface area is 87.4 Å². The lowest BCUT2D eigenvalue weighted by molar-refractivity contribution is 0.539. The van der Waals surface area contributed by atoms with Gasteiger partial charge in [0.2, 0.25) is 5.89 Å². The molecule has 5 nitrogen and oxygen atoms in total. The van der Waals surface area contributed by atoms with Crippen LogP contribution in [0.3, 0.4) is 0 Å². The van der Waals surface area contributed by atoms with Gasteiger partial charge in [-0.25, -0.2) is 9.97 Å². The molecule has 0 fully saturated rings. The van der Waals surface area contributed by atoms with Crippen LogP contribution in [-0.2, 0) is 6.42 Å². The van der Waals surface area contributed by atoms with Gasteiger partial charge in [-0.15, -0.1) is 0 Å². The molecule has 0 saturated carbocycles. The smallest absolute Gasteiger partial charge is 0.246 e. The van der Waals surface area contributed by atoms with Gasteiger partial charge in [-0.1, -0.05) is 0 Å². The number of oxazole rings is 1. The van der Waals surface area contributed by atoms with Gasteiger partial charge in [0.1, 0.15) is 11.5 Å². The minimum absolute atomic E-state index is 0.499. The first-order valence-electron chi connectivity index (χ1n) is 4.73. The largest absolute Gasteiger partial charge is 0.440 e. The third kappa shape index (κ3) is 2.19. The molecule has 0 bridgehead atoms. The summed E-state index contributed by atoms with van der Waals surface area (Å²) in [6, 6.07) is 0. The average Bonchev–Trinajstić information content (AvgIpc) is 2.66. The maximum Gasteiger partial charge on any atom is 0.246 e. The van der Waals surface area contributed by atoms with E-state index in [4.69, 9.17) is 10.2 Å². The molecule has 2 aromatic heterocycles. The normalized spacial score (nSPS) is 10.5. The van der Waals surface area contributed by atoms with Crippen LogP contribution in [0.1, 0.15) is 11.5 Å². The molecule has 5 heteroatoms. The number of rotatable bonds is 3. The van der Waals surface area contributed by atoms with Crippen molar-refractivity contribution in [2.45, 2.75) is 13.3 Å². The summed E-state index contributed by atoms with van der Waals surface area (Å²) in [5, 5.41) is 0. The zero-order chi connectivity index (χ0) is 10.7. The second kappa shape index (κ2) is 4.18. The van der Waals surface area contributed by atoms with Gasteiger partial charge in [-0.2, -0.15) is 0 Å². The molecule has 2 rings (SSSR count). The maximum absolute atomic E-state index is 5.45. The fraction of sp³-hybridized carbons (Fsp3) is 0.300. The molecular formula is C10H12N4O. The zero-order valence-corrected chi connectivity index (χ0v) is 8.47. The molecule has 2 N–H and O–H groups in total. The summed E-state index contributed by atoms with van der Waals surface area (Å²) >= 11 is 0. The minimum Gasteiger partial charge on any atom is -0.440 e. The highest BCUT2D eigenvalue weighted by molar-refractivity contribution is 5.44. The Kier molecular flexibility index (Phi) is 2.73. The van der Waals surface area contributed by atoms with Crippen LogP contribution in [0.4, 0.5) is 0 Å². The lowest BCUT2D eigenvalue weighted by atomic mass is 10.3. The van der Waals surface area contributed by atoms with Crippen molar-refractivity contribution in [3.05, 3.63) is 30.0 Å². The van der Waals surface area contributed by atoms with Crippen LogP contribution in [0.15, 0.2) is 23.0 Å². The van der Waals surface area contributed by atoms with Crippen molar-refractivity contribution in [3.63, 3.8) is 0 Å². The molecule has 0 saturated heterocycles. The first-order valence-corrected chi connectivity index (χ1v) is 4.73. The van der Waals surface area contributed by atoms with Crippen LogP contribution < -0.4 is 5.73 Å². The summed E-state index contributed by atoms with van der Waals surface area (Å²) in [5.41, 5.74) is 6.95. The molecule has 2 aromatic rings. The van der Waals surface area contributed by atoms with Crippen molar-refractivity contribution in [2.24, 2.45) is 5.73 Å². The predicted molar refractivity (Wildman–Crippen MR) is 55.0 cm³/mol. The molecule has 0 aliphatic heterocycles. The number of aromatic nitrogens is 3. The van der Waals surface area contributed by atoms with Gasteiger partial charge < -0.3 is 10.2 Å². The van der Waals surface area contributed by atoms with Gasteiger partial charge >= 0.3 is 0 Å². The van der Waals surface area contributed by atoms with Crippen LogP contribution >= 0.6 is 0 Å². The molecule has 2 heterocycles. The van der Waals surface area contributed by atoms with Gasteiger partial charge in [-0.05, 0) is 13.5 Å². The van der Waals surface area contributed by atoms with Crippen molar-refractivity contribution in [1.29, 1.82) is 0 Å². The molecule has 0 amide bonds. The van der Waals surface area contributed by atoms with E-state index in [0.29, 0.717) is 24.6 Å². The topological polar surface area (TPSA) is 77.8 Å². The Hall–Kier alpha value is -1.75. The SMILES string of the molecule is Cc1cnc(-c2cncc(CCN)n2)o1. The fourth-order valence-electron chi connectivity index (χ4n) is 1.25. The van der Waals surface area contributed by atoms with E-state index in [1.165, 1.54) is 0 Å². The van der Waals surface area contributed by atoms with Crippen LogP contribution in [0.5, 0.6) is 0 Å².